The van der Waals surface area contributed by atoms with E-state index in [2.05, 4.69) is 18.7 Å². The Morgan fingerprint density at radius 1 is 1.28 bits per heavy atom. The zero-order valence-corrected chi connectivity index (χ0v) is 11.1. The Morgan fingerprint density at radius 3 is 2.28 bits per heavy atom. The highest BCUT2D eigenvalue weighted by molar-refractivity contribution is 5.85. The second-order valence-electron chi connectivity index (χ2n) is 5.88. The van der Waals surface area contributed by atoms with Crippen molar-refractivity contribution in [1.29, 1.82) is 0 Å². The second-order valence-corrected chi connectivity index (χ2v) is 5.88. The smallest absolute Gasteiger partial charge is 0.223 e. The molecule has 1 heterocycles. The molecule has 2 atom stereocenters. The molecular weight excluding hydrogens is 230 g/mol. The number of rotatable bonds is 4. The maximum absolute atomic E-state index is 11.6. The van der Waals surface area contributed by atoms with Crippen molar-refractivity contribution in [3.05, 3.63) is 6.42 Å². The van der Waals surface area contributed by atoms with Crippen LogP contribution in [0.2, 0.25) is 0 Å². The predicted octanol–water partition coefficient (Wildman–Crippen LogP) is -0.102. The highest BCUT2D eigenvalue weighted by Crippen LogP contribution is 2.54. The Balaban J connectivity index is 2.15. The summed E-state index contributed by atoms with van der Waals surface area (Å²) in [5.41, 5.74) is 10.5. The number of hydrogen-bond donors (Lipinski definition) is 2. The molecule has 4 N–H and O–H groups in total. The van der Waals surface area contributed by atoms with E-state index in [1.54, 1.807) is 0 Å². The number of amides is 2. The van der Waals surface area contributed by atoms with Crippen LogP contribution in [0.25, 0.3) is 0 Å². The quantitative estimate of drug-likeness (QED) is 0.732. The zero-order valence-electron chi connectivity index (χ0n) is 11.1. The topological polar surface area (TPSA) is 89.4 Å². The second kappa shape index (κ2) is 4.53. The number of nitrogens with two attached hydrogens (primary N) is 2. The Kier molecular flexibility index (Phi) is 3.36. The fourth-order valence-corrected chi connectivity index (χ4v) is 2.88. The first-order valence-corrected chi connectivity index (χ1v) is 6.55. The van der Waals surface area contributed by atoms with E-state index in [9.17, 15) is 9.59 Å². The molecule has 1 radical (unpaired) electrons. The number of hydrogen-bond acceptors (Lipinski definition) is 3. The normalized spacial score (nSPS) is 31.3. The molecule has 1 saturated carbocycles. The number of likely N-dealkylation sites (tertiary alicyclic amines) is 1. The van der Waals surface area contributed by atoms with Gasteiger partial charge in [-0.15, -0.1) is 0 Å². The van der Waals surface area contributed by atoms with Gasteiger partial charge in [0, 0.05) is 19.1 Å². The molecule has 1 aliphatic carbocycles. The summed E-state index contributed by atoms with van der Waals surface area (Å²) in [7, 11) is 0. The molecule has 2 rings (SSSR count). The molecule has 101 valence electrons. The average Bonchev–Trinajstić information content (AvgIpc) is 3.09. The van der Waals surface area contributed by atoms with Crippen molar-refractivity contribution in [1.82, 2.24) is 4.90 Å². The lowest BCUT2D eigenvalue weighted by molar-refractivity contribution is -0.128. The van der Waals surface area contributed by atoms with Gasteiger partial charge in [-0.2, -0.15) is 0 Å². The van der Waals surface area contributed by atoms with E-state index >= 15 is 0 Å². The maximum atomic E-state index is 11.6. The van der Waals surface area contributed by atoms with Crippen molar-refractivity contribution in [2.45, 2.75) is 32.7 Å². The molecule has 0 bridgehead atoms. The number of primary amides is 2. The van der Waals surface area contributed by atoms with Crippen molar-refractivity contribution < 1.29 is 9.59 Å². The highest BCUT2D eigenvalue weighted by atomic mass is 16.2. The molecule has 18 heavy (non-hydrogen) atoms. The van der Waals surface area contributed by atoms with Crippen LogP contribution >= 0.6 is 0 Å². The lowest BCUT2D eigenvalue weighted by Gasteiger charge is -2.41. The fourth-order valence-electron chi connectivity index (χ4n) is 2.88. The van der Waals surface area contributed by atoms with Crippen LogP contribution in [-0.4, -0.2) is 35.8 Å². The van der Waals surface area contributed by atoms with E-state index in [-0.39, 0.29) is 23.7 Å². The van der Waals surface area contributed by atoms with Gasteiger partial charge in [0.05, 0.1) is 11.3 Å². The van der Waals surface area contributed by atoms with Gasteiger partial charge in [0.25, 0.3) is 0 Å². The van der Waals surface area contributed by atoms with Gasteiger partial charge in [-0.05, 0) is 39.0 Å². The largest absolute Gasteiger partial charge is 0.369 e. The van der Waals surface area contributed by atoms with Crippen molar-refractivity contribution in [2.24, 2.45) is 28.7 Å². The molecule has 2 aliphatic rings. The molecule has 2 unspecified atom stereocenters. The van der Waals surface area contributed by atoms with Gasteiger partial charge < -0.3 is 11.5 Å². The molecule has 0 aromatic rings. The van der Waals surface area contributed by atoms with Gasteiger partial charge in [0.1, 0.15) is 0 Å². The summed E-state index contributed by atoms with van der Waals surface area (Å²) in [6.45, 7) is 5.62. The summed E-state index contributed by atoms with van der Waals surface area (Å²) in [5.74, 6) is -0.769. The first kappa shape index (κ1) is 13.3. The third-order valence-electron chi connectivity index (χ3n) is 4.41. The third kappa shape index (κ3) is 2.23. The molecule has 0 aromatic heterocycles. The van der Waals surface area contributed by atoms with E-state index < -0.39 is 5.41 Å². The van der Waals surface area contributed by atoms with Crippen LogP contribution in [0.5, 0.6) is 0 Å². The van der Waals surface area contributed by atoms with E-state index in [4.69, 9.17) is 11.5 Å². The summed E-state index contributed by atoms with van der Waals surface area (Å²) >= 11 is 0. The van der Waals surface area contributed by atoms with Crippen molar-refractivity contribution in [3.63, 3.8) is 0 Å². The molecule has 2 amide bonds. The van der Waals surface area contributed by atoms with E-state index in [0.717, 1.165) is 19.4 Å². The highest BCUT2D eigenvalue weighted by Gasteiger charge is 2.56. The van der Waals surface area contributed by atoms with Crippen LogP contribution in [0, 0.1) is 23.7 Å². The van der Waals surface area contributed by atoms with Gasteiger partial charge in [0.15, 0.2) is 0 Å². The average molecular weight is 252 g/mol. The first-order chi connectivity index (χ1) is 8.36. The SMILES string of the molecule is CC(C)N1CC(C(N)=O)[CH]C(C2(C(N)=O)CC2)C1. The fraction of sp³-hybridized carbons (Fsp3) is 0.769. The first-order valence-electron chi connectivity index (χ1n) is 6.55. The molecule has 2 fully saturated rings. The number of nitrogens with zero attached hydrogens (tertiary/aromatic N) is 1. The molecule has 5 nitrogen and oxygen atoms in total. The molecular formula is C13H22N3O2. The van der Waals surface area contributed by atoms with Crippen molar-refractivity contribution in [3.8, 4) is 0 Å². The minimum Gasteiger partial charge on any atom is -0.369 e. The monoisotopic (exact) mass is 252 g/mol. The molecule has 1 saturated heterocycles. The van der Waals surface area contributed by atoms with Gasteiger partial charge in [-0.3, -0.25) is 14.5 Å². The Morgan fingerprint density at radius 2 is 1.89 bits per heavy atom. The van der Waals surface area contributed by atoms with Crippen molar-refractivity contribution in [2.75, 3.05) is 13.1 Å². The Hall–Kier alpha value is -1.10. The van der Waals surface area contributed by atoms with Crippen molar-refractivity contribution >= 4 is 11.8 Å². The maximum Gasteiger partial charge on any atom is 0.223 e. The summed E-state index contributed by atoms with van der Waals surface area (Å²) < 4.78 is 0. The van der Waals surface area contributed by atoms with Crippen LogP contribution in [0.1, 0.15) is 26.7 Å². The molecule has 0 aromatic carbocycles. The summed E-state index contributed by atoms with van der Waals surface area (Å²) in [5, 5.41) is 0. The summed E-state index contributed by atoms with van der Waals surface area (Å²) in [6.07, 6.45) is 3.63. The standard InChI is InChI=1S/C13H22N3O2/c1-8(2)16-6-9(11(14)17)5-10(7-16)13(3-4-13)12(15)18/h5,8-10H,3-4,6-7H2,1-2H3,(H2,14,17)(H2,15,18). The minimum atomic E-state index is -0.415. The number of carbonyl (C=O) groups excluding carboxylic acids is 2. The van der Waals surface area contributed by atoms with Gasteiger partial charge in [-0.1, -0.05) is 0 Å². The summed E-state index contributed by atoms with van der Waals surface area (Å²) in [4.78, 5) is 25.2. The van der Waals surface area contributed by atoms with E-state index in [1.807, 2.05) is 6.42 Å². The Bertz CT molecular complexity index is 363. The minimum absolute atomic E-state index is 0.0589. The van der Waals surface area contributed by atoms with Gasteiger partial charge >= 0.3 is 0 Å². The van der Waals surface area contributed by atoms with Crippen LogP contribution in [0.3, 0.4) is 0 Å². The van der Waals surface area contributed by atoms with Crippen LogP contribution in [0.4, 0.5) is 0 Å². The zero-order chi connectivity index (χ0) is 13.5. The molecule has 0 spiro atoms. The number of piperidine rings is 1. The van der Waals surface area contributed by atoms with Crippen LogP contribution in [0.15, 0.2) is 0 Å². The van der Waals surface area contributed by atoms with Crippen LogP contribution in [-0.2, 0) is 9.59 Å². The lowest BCUT2D eigenvalue weighted by Crippen LogP contribution is -2.52. The molecule has 5 heteroatoms. The summed E-state index contributed by atoms with van der Waals surface area (Å²) in [6, 6.07) is 0.340. The van der Waals surface area contributed by atoms with E-state index in [0.29, 0.717) is 12.6 Å². The third-order valence-corrected chi connectivity index (χ3v) is 4.41. The number of carbonyl (C=O) groups is 2. The van der Waals surface area contributed by atoms with Crippen LogP contribution < -0.4 is 11.5 Å². The van der Waals surface area contributed by atoms with Gasteiger partial charge in [-0.25, -0.2) is 0 Å². The predicted molar refractivity (Wildman–Crippen MR) is 68.0 cm³/mol. The molecule has 1 aliphatic heterocycles. The Labute approximate surface area is 108 Å². The van der Waals surface area contributed by atoms with Gasteiger partial charge in [0.2, 0.25) is 11.8 Å². The lowest BCUT2D eigenvalue weighted by atomic mass is 9.77. The van der Waals surface area contributed by atoms with E-state index in [1.165, 1.54) is 0 Å².